The van der Waals surface area contributed by atoms with Crippen molar-refractivity contribution in [1.82, 2.24) is 19.0 Å². The largest absolute Gasteiger partial charge is 0.493 e. The Bertz CT molecular complexity index is 1680. The fourth-order valence-electron chi connectivity index (χ4n) is 5.64. The van der Waals surface area contributed by atoms with E-state index in [0.717, 1.165) is 5.56 Å². The predicted octanol–water partition coefficient (Wildman–Crippen LogP) is 3.53. The van der Waals surface area contributed by atoms with Crippen molar-refractivity contribution in [2.24, 2.45) is 0 Å². The number of nitrogens with zero attached hydrogens (tertiary/aromatic N) is 5. The third-order valence-electron chi connectivity index (χ3n) is 7.28. The molecule has 37 heavy (non-hydrogen) atoms. The van der Waals surface area contributed by atoms with Gasteiger partial charge in [0, 0.05) is 17.3 Å². The normalized spacial score (nSPS) is 17.6. The van der Waals surface area contributed by atoms with Crippen LogP contribution in [0.25, 0.3) is 21.3 Å². The highest BCUT2D eigenvalue weighted by molar-refractivity contribution is 5.97. The average Bonchev–Trinajstić information content (AvgIpc) is 3.59. The van der Waals surface area contributed by atoms with Crippen molar-refractivity contribution in [3.63, 3.8) is 0 Å². The van der Waals surface area contributed by atoms with Gasteiger partial charge in [-0.1, -0.05) is 36.9 Å². The van der Waals surface area contributed by atoms with Crippen LogP contribution in [0.1, 0.15) is 29.8 Å². The molecule has 2 unspecified atom stereocenters. The fourth-order valence-corrected chi connectivity index (χ4v) is 5.64. The number of aromatic hydroxyl groups is 1. The van der Waals surface area contributed by atoms with Gasteiger partial charge in [0.2, 0.25) is 11.8 Å². The van der Waals surface area contributed by atoms with E-state index in [2.05, 4.69) is 9.83 Å². The summed E-state index contributed by atoms with van der Waals surface area (Å²) in [4.78, 5) is 36.3. The van der Waals surface area contributed by atoms with E-state index in [4.69, 9.17) is 16.0 Å². The minimum absolute atomic E-state index is 0.0981. The number of benzene rings is 2. The summed E-state index contributed by atoms with van der Waals surface area (Å²) >= 11 is 0. The van der Waals surface area contributed by atoms with Gasteiger partial charge >= 0.3 is 5.69 Å². The minimum Gasteiger partial charge on any atom is -0.493 e. The Labute approximate surface area is 211 Å². The van der Waals surface area contributed by atoms with Gasteiger partial charge in [0.25, 0.3) is 5.82 Å². The number of imidazole rings is 1. The van der Waals surface area contributed by atoms with Gasteiger partial charge in [0.15, 0.2) is 11.5 Å². The molecule has 2 aromatic heterocycles. The second kappa shape index (κ2) is 8.41. The number of amides is 1. The van der Waals surface area contributed by atoms with Crippen LogP contribution in [0.15, 0.2) is 53.5 Å². The molecular weight excluding hydrogens is 474 g/mol. The van der Waals surface area contributed by atoms with Gasteiger partial charge in [-0.15, -0.1) is 4.98 Å². The Morgan fingerprint density at radius 1 is 1.16 bits per heavy atom. The molecule has 4 heterocycles. The summed E-state index contributed by atoms with van der Waals surface area (Å²) in [5, 5.41) is 12.5. The Hall–Kier alpha value is -4.78. The number of pyridine rings is 1. The molecule has 2 atom stereocenters. The van der Waals surface area contributed by atoms with E-state index in [1.165, 1.54) is 10.8 Å². The van der Waals surface area contributed by atoms with Crippen LogP contribution in [0, 0.1) is 6.57 Å². The maximum atomic E-state index is 13.5. The van der Waals surface area contributed by atoms with Gasteiger partial charge < -0.3 is 24.3 Å². The fraction of sp³-hybridized carbons (Fsp3) is 0.259. The number of ether oxygens (including phenoxy) is 2. The lowest BCUT2D eigenvalue weighted by atomic mass is 10.1. The summed E-state index contributed by atoms with van der Waals surface area (Å²) in [7, 11) is 3.10. The van der Waals surface area contributed by atoms with Crippen molar-refractivity contribution < 1.29 is 19.4 Å². The second-order valence-electron chi connectivity index (χ2n) is 9.14. The van der Waals surface area contributed by atoms with Gasteiger partial charge in [0.1, 0.15) is 17.6 Å². The molecule has 0 spiro atoms. The van der Waals surface area contributed by atoms with Gasteiger partial charge in [-0.25, -0.2) is 9.36 Å². The summed E-state index contributed by atoms with van der Waals surface area (Å²) in [6, 6.07) is 11.9. The SMILES string of the molecule is [C-]#[N+]c1ncc(-n2c(O)c3n(c2=O)C2CC3N(C(=O)Cc3ccc(OC)c(OC)c3)C2)c2ccccc12. The van der Waals surface area contributed by atoms with Crippen molar-refractivity contribution >= 4 is 22.5 Å². The van der Waals surface area contributed by atoms with Gasteiger partial charge in [0.05, 0.1) is 32.7 Å². The molecule has 10 heteroatoms. The van der Waals surface area contributed by atoms with Gasteiger partial charge in [-0.05, 0) is 24.1 Å². The first-order valence-electron chi connectivity index (χ1n) is 11.8. The standard InChI is InChI=1S/C27H23N5O5/c1-28-25-18-7-5-4-6-17(18)20(13-29-25)32-26(34)24-19-12-16(31(24)27(32)35)14-30(19)23(33)11-15-8-9-21(36-2)22(10-15)37-3/h4-10,13,16,19,34H,11-12,14H2,2-3H3. The van der Waals surface area contributed by atoms with Gasteiger partial charge in [-0.2, -0.15) is 0 Å². The topological polar surface area (TPSA) is 103 Å². The third kappa shape index (κ3) is 3.27. The number of hydrogen-bond acceptors (Lipinski definition) is 6. The Morgan fingerprint density at radius 2 is 1.92 bits per heavy atom. The van der Waals surface area contributed by atoms with E-state index in [0.29, 0.717) is 46.6 Å². The molecule has 1 fully saturated rings. The van der Waals surface area contributed by atoms with Crippen LogP contribution in [0.5, 0.6) is 17.4 Å². The molecule has 1 amide bonds. The monoisotopic (exact) mass is 497 g/mol. The van der Waals surface area contributed by atoms with Crippen molar-refractivity contribution in [3.8, 4) is 23.1 Å². The lowest BCUT2D eigenvalue weighted by molar-refractivity contribution is -0.132. The molecule has 10 nitrogen and oxygen atoms in total. The van der Waals surface area contributed by atoms with Crippen LogP contribution >= 0.6 is 0 Å². The first-order valence-corrected chi connectivity index (χ1v) is 11.8. The van der Waals surface area contributed by atoms with E-state index < -0.39 is 6.04 Å². The van der Waals surface area contributed by atoms with Gasteiger partial charge in [-0.3, -0.25) is 9.36 Å². The molecular formula is C27H23N5O5. The molecule has 0 radical (unpaired) electrons. The molecule has 0 saturated carbocycles. The van der Waals surface area contributed by atoms with Crippen LogP contribution in [0.4, 0.5) is 5.82 Å². The van der Waals surface area contributed by atoms with Crippen molar-refractivity contribution in [2.45, 2.75) is 24.9 Å². The summed E-state index contributed by atoms with van der Waals surface area (Å²) < 4.78 is 13.5. The highest BCUT2D eigenvalue weighted by Crippen LogP contribution is 2.49. The molecule has 2 aromatic carbocycles. The smallest absolute Gasteiger partial charge is 0.336 e. The molecule has 0 aliphatic carbocycles. The molecule has 2 aliphatic heterocycles. The third-order valence-corrected chi connectivity index (χ3v) is 7.28. The number of rotatable bonds is 5. The Balaban J connectivity index is 1.36. The molecule has 6 rings (SSSR count). The summed E-state index contributed by atoms with van der Waals surface area (Å²) in [5.74, 6) is 1.05. The van der Waals surface area contributed by atoms with Crippen LogP contribution in [0.2, 0.25) is 0 Å². The lowest BCUT2D eigenvalue weighted by Crippen LogP contribution is -2.38. The average molecular weight is 498 g/mol. The molecule has 4 aromatic rings. The lowest BCUT2D eigenvalue weighted by Gasteiger charge is -2.28. The van der Waals surface area contributed by atoms with Crippen molar-refractivity contribution in [1.29, 1.82) is 0 Å². The summed E-state index contributed by atoms with van der Waals surface area (Å²) in [5.41, 5.74) is 1.23. The van der Waals surface area contributed by atoms with Crippen molar-refractivity contribution in [2.75, 3.05) is 20.8 Å². The van der Waals surface area contributed by atoms with E-state index in [-0.39, 0.29) is 35.8 Å². The highest BCUT2D eigenvalue weighted by atomic mass is 16.5. The summed E-state index contributed by atoms with van der Waals surface area (Å²) in [6.07, 6.45) is 2.17. The zero-order valence-electron chi connectivity index (χ0n) is 20.2. The van der Waals surface area contributed by atoms with Crippen LogP contribution in [-0.4, -0.2) is 50.8 Å². The first kappa shape index (κ1) is 22.7. The molecule has 186 valence electrons. The number of hydrogen-bond donors (Lipinski definition) is 1. The molecule has 1 N–H and O–H groups in total. The van der Waals surface area contributed by atoms with Crippen molar-refractivity contribution in [3.05, 3.63) is 81.8 Å². The number of aromatic nitrogens is 3. The maximum Gasteiger partial charge on any atom is 0.336 e. The van der Waals surface area contributed by atoms with Crippen LogP contribution in [-0.2, 0) is 11.2 Å². The van der Waals surface area contributed by atoms with E-state index in [1.54, 1.807) is 54.0 Å². The zero-order valence-corrected chi connectivity index (χ0v) is 20.2. The maximum absolute atomic E-state index is 13.5. The molecule has 1 saturated heterocycles. The van der Waals surface area contributed by atoms with E-state index in [9.17, 15) is 14.7 Å². The summed E-state index contributed by atoms with van der Waals surface area (Å²) in [6.45, 7) is 7.79. The van der Waals surface area contributed by atoms with Crippen LogP contribution < -0.4 is 15.2 Å². The first-order chi connectivity index (χ1) is 18.0. The van der Waals surface area contributed by atoms with E-state index in [1.807, 2.05) is 12.1 Å². The number of carbonyl (C=O) groups excluding carboxylic acids is 1. The zero-order chi connectivity index (χ0) is 25.8. The number of fused-ring (bicyclic) bond motifs is 6. The van der Waals surface area contributed by atoms with Crippen LogP contribution in [0.3, 0.4) is 0 Å². The minimum atomic E-state index is -0.409. The quantitative estimate of drug-likeness (QED) is 0.423. The molecule has 2 aliphatic rings. The Morgan fingerprint density at radius 3 is 2.65 bits per heavy atom. The number of carbonyl (C=O) groups is 1. The second-order valence-corrected chi connectivity index (χ2v) is 9.14. The number of methoxy groups -OCH3 is 2. The predicted molar refractivity (Wildman–Crippen MR) is 135 cm³/mol. The number of likely N-dealkylation sites (tertiary alicyclic amines) is 1. The molecule has 2 bridgehead atoms. The highest BCUT2D eigenvalue weighted by Gasteiger charge is 2.49. The van der Waals surface area contributed by atoms with E-state index >= 15 is 0 Å². The Kier molecular flexibility index (Phi) is 5.15.